The van der Waals surface area contributed by atoms with Gasteiger partial charge in [0.2, 0.25) is 0 Å². The first-order chi connectivity index (χ1) is 8.56. The third-order valence-electron chi connectivity index (χ3n) is 2.06. The molecule has 1 aromatic carbocycles. The molecule has 0 radical (unpaired) electrons. The second kappa shape index (κ2) is 5.88. The second-order valence-electron chi connectivity index (χ2n) is 3.34. The number of nitrogens with zero attached hydrogens (tertiary/aromatic N) is 1. The van der Waals surface area contributed by atoms with Crippen LogP contribution in [0.5, 0.6) is 0 Å². The maximum absolute atomic E-state index is 10.9. The van der Waals surface area contributed by atoms with Gasteiger partial charge in [0.1, 0.15) is 4.64 Å². The molecule has 0 saturated heterocycles. The van der Waals surface area contributed by atoms with E-state index in [1.807, 2.05) is 6.07 Å². The minimum absolute atomic E-state index is 0.314. The number of hydrogen-bond donors (Lipinski definition) is 2. The van der Waals surface area contributed by atoms with E-state index in [0.29, 0.717) is 25.5 Å². The number of aromatic nitrogens is 3. The molecule has 0 aliphatic carbocycles. The van der Waals surface area contributed by atoms with Gasteiger partial charge in [-0.25, -0.2) is 9.89 Å². The molecule has 0 bridgehead atoms. The summed E-state index contributed by atoms with van der Waals surface area (Å²) in [6, 6.07) is 5.29. The van der Waals surface area contributed by atoms with Crippen molar-refractivity contribution in [3.05, 3.63) is 48.9 Å². The van der Waals surface area contributed by atoms with E-state index < -0.39 is 5.69 Å². The van der Waals surface area contributed by atoms with Crippen LogP contribution in [0, 0.1) is 4.64 Å². The van der Waals surface area contributed by atoms with Crippen LogP contribution in [-0.4, -0.2) is 15.2 Å². The molecule has 0 spiro atoms. The predicted octanol–water partition coefficient (Wildman–Crippen LogP) is 3.43. The third kappa shape index (κ3) is 3.35. The Morgan fingerprint density at radius 2 is 2.17 bits per heavy atom. The van der Waals surface area contributed by atoms with Gasteiger partial charge in [-0.2, -0.15) is 5.10 Å². The van der Waals surface area contributed by atoms with Crippen molar-refractivity contribution in [3.63, 3.8) is 0 Å². The third-order valence-corrected chi connectivity index (χ3v) is 4.10. The lowest BCUT2D eigenvalue weighted by molar-refractivity contribution is 0.825. The molecule has 0 aliphatic rings. The van der Waals surface area contributed by atoms with E-state index in [0.717, 1.165) is 5.56 Å². The van der Waals surface area contributed by atoms with E-state index in [-0.39, 0.29) is 0 Å². The first kappa shape index (κ1) is 13.6. The lowest BCUT2D eigenvalue weighted by Gasteiger charge is -2.03. The summed E-state index contributed by atoms with van der Waals surface area (Å²) < 4.78 is 0.314. The quantitative estimate of drug-likeness (QED) is 0.672. The Balaban J connectivity index is 2.16. The van der Waals surface area contributed by atoms with Gasteiger partial charge in [0.05, 0.1) is 0 Å². The minimum atomic E-state index is -0.422. The van der Waals surface area contributed by atoms with Gasteiger partial charge >= 0.3 is 5.69 Å². The Bertz CT molecular complexity index is 683. The van der Waals surface area contributed by atoms with E-state index >= 15 is 0 Å². The van der Waals surface area contributed by atoms with Gasteiger partial charge in [-0.05, 0) is 17.7 Å². The Hall–Kier alpha value is -0.820. The molecule has 18 heavy (non-hydrogen) atoms. The minimum Gasteiger partial charge on any atom is -0.295 e. The molecule has 0 atom stereocenters. The van der Waals surface area contributed by atoms with Gasteiger partial charge < -0.3 is 0 Å². The molecule has 0 aliphatic heterocycles. The first-order valence-electron chi connectivity index (χ1n) is 4.82. The summed E-state index contributed by atoms with van der Waals surface area (Å²) >= 11 is 18.2. The average Bonchev–Trinajstić information content (AvgIpc) is 2.30. The van der Waals surface area contributed by atoms with E-state index in [9.17, 15) is 4.79 Å². The van der Waals surface area contributed by atoms with E-state index in [2.05, 4.69) is 15.2 Å². The number of rotatable bonds is 3. The highest BCUT2D eigenvalue weighted by Gasteiger charge is 2.05. The summed E-state index contributed by atoms with van der Waals surface area (Å²) in [5.41, 5.74) is 0.502. The normalized spacial score (nSPS) is 10.6. The van der Waals surface area contributed by atoms with Crippen molar-refractivity contribution in [2.24, 2.45) is 0 Å². The SMILES string of the molecule is O=c1[nH]nc(SCc2ccc(Cl)cc2Cl)c(=S)[nH]1. The Morgan fingerprint density at radius 1 is 1.39 bits per heavy atom. The van der Waals surface area contributed by atoms with Gasteiger partial charge in [-0.1, -0.05) is 53.2 Å². The summed E-state index contributed by atoms with van der Waals surface area (Å²) in [5, 5.41) is 7.89. The van der Waals surface area contributed by atoms with Crippen LogP contribution in [0.4, 0.5) is 0 Å². The molecular formula is C10H7Cl2N3OS2. The van der Waals surface area contributed by atoms with Crippen molar-refractivity contribution in [2.75, 3.05) is 0 Å². The topological polar surface area (TPSA) is 61.5 Å². The molecule has 1 aromatic heterocycles. The molecular weight excluding hydrogens is 313 g/mol. The van der Waals surface area contributed by atoms with Crippen molar-refractivity contribution in [3.8, 4) is 0 Å². The van der Waals surface area contributed by atoms with Crippen molar-refractivity contribution < 1.29 is 0 Å². The molecule has 0 amide bonds. The molecule has 2 rings (SSSR count). The Kier molecular flexibility index (Phi) is 4.45. The lowest BCUT2D eigenvalue weighted by Crippen LogP contribution is -2.12. The van der Waals surface area contributed by atoms with Crippen LogP contribution in [0.1, 0.15) is 5.56 Å². The molecule has 2 aromatic rings. The van der Waals surface area contributed by atoms with Crippen LogP contribution in [0.25, 0.3) is 0 Å². The molecule has 94 valence electrons. The zero-order valence-corrected chi connectivity index (χ0v) is 12.0. The Morgan fingerprint density at radius 3 is 2.83 bits per heavy atom. The highest BCUT2D eigenvalue weighted by Crippen LogP contribution is 2.27. The standard InChI is InChI=1S/C10H7Cl2N3OS2/c11-6-2-1-5(7(12)3-6)4-18-9-8(17)13-10(16)15-14-9/h1-3H,4H2,(H2,13,15,16,17). The molecule has 0 saturated carbocycles. The van der Waals surface area contributed by atoms with Crippen LogP contribution >= 0.6 is 47.2 Å². The van der Waals surface area contributed by atoms with Crippen molar-refractivity contribution in [1.29, 1.82) is 0 Å². The summed E-state index contributed by atoms with van der Waals surface area (Å²) in [5.74, 6) is 0.590. The molecule has 8 heteroatoms. The number of thioether (sulfide) groups is 1. The molecule has 4 nitrogen and oxygen atoms in total. The fourth-order valence-corrected chi connectivity index (χ4v) is 2.93. The molecule has 2 N–H and O–H groups in total. The predicted molar refractivity (Wildman–Crippen MR) is 76.1 cm³/mol. The fraction of sp³-hybridized carbons (Fsp3) is 0.100. The number of nitrogens with one attached hydrogen (secondary N) is 2. The monoisotopic (exact) mass is 319 g/mol. The van der Waals surface area contributed by atoms with Crippen molar-refractivity contribution >= 4 is 47.2 Å². The zero-order chi connectivity index (χ0) is 13.1. The Labute approximate surface area is 122 Å². The molecule has 0 unspecified atom stereocenters. The van der Waals surface area contributed by atoms with Gasteiger partial charge in [0.15, 0.2) is 5.03 Å². The summed E-state index contributed by atoms with van der Waals surface area (Å²) in [6.45, 7) is 0. The van der Waals surface area contributed by atoms with Crippen LogP contribution in [0.15, 0.2) is 28.0 Å². The van der Waals surface area contributed by atoms with Gasteiger partial charge in [0.25, 0.3) is 0 Å². The lowest BCUT2D eigenvalue weighted by atomic mass is 10.2. The largest absolute Gasteiger partial charge is 0.340 e. The number of hydrogen-bond acceptors (Lipinski definition) is 4. The summed E-state index contributed by atoms with van der Waals surface area (Å²) in [6.07, 6.45) is 0. The highest BCUT2D eigenvalue weighted by atomic mass is 35.5. The summed E-state index contributed by atoms with van der Waals surface area (Å²) in [4.78, 5) is 13.4. The molecule has 1 heterocycles. The average molecular weight is 320 g/mol. The number of aromatic amines is 2. The number of benzene rings is 1. The zero-order valence-electron chi connectivity index (χ0n) is 8.87. The second-order valence-corrected chi connectivity index (χ2v) is 5.55. The van der Waals surface area contributed by atoms with E-state index in [1.54, 1.807) is 12.1 Å². The highest BCUT2D eigenvalue weighted by molar-refractivity contribution is 7.98. The van der Waals surface area contributed by atoms with Crippen molar-refractivity contribution in [2.45, 2.75) is 10.8 Å². The smallest absolute Gasteiger partial charge is 0.295 e. The maximum Gasteiger partial charge on any atom is 0.340 e. The van der Waals surface area contributed by atoms with Gasteiger partial charge in [-0.15, -0.1) is 0 Å². The first-order valence-corrected chi connectivity index (χ1v) is 6.97. The van der Waals surface area contributed by atoms with Crippen LogP contribution in [0.3, 0.4) is 0 Å². The fourth-order valence-electron chi connectivity index (χ4n) is 1.22. The van der Waals surface area contributed by atoms with Crippen molar-refractivity contribution in [1.82, 2.24) is 15.2 Å². The molecule has 0 fully saturated rings. The van der Waals surface area contributed by atoms with E-state index in [1.165, 1.54) is 11.8 Å². The van der Waals surface area contributed by atoms with Crippen LogP contribution in [-0.2, 0) is 5.75 Å². The number of halogens is 2. The van der Waals surface area contributed by atoms with Crippen LogP contribution in [0.2, 0.25) is 10.0 Å². The summed E-state index contributed by atoms with van der Waals surface area (Å²) in [7, 11) is 0. The maximum atomic E-state index is 10.9. The number of H-pyrrole nitrogens is 2. The van der Waals surface area contributed by atoms with Crippen LogP contribution < -0.4 is 5.69 Å². The van der Waals surface area contributed by atoms with Gasteiger partial charge in [-0.3, -0.25) is 4.98 Å². The van der Waals surface area contributed by atoms with Gasteiger partial charge in [0, 0.05) is 15.8 Å². The van der Waals surface area contributed by atoms with E-state index in [4.69, 9.17) is 35.4 Å².